The molecule has 0 saturated heterocycles. The monoisotopic (exact) mass is 424 g/mol. The fourth-order valence-electron chi connectivity index (χ4n) is 1.79. The molecule has 1 rings (SSSR count). The fourth-order valence-corrected chi connectivity index (χ4v) is 2.52. The first-order valence-electron chi connectivity index (χ1n) is 7.18. The van der Waals surface area contributed by atoms with Crippen LogP contribution in [0.1, 0.15) is 50.4 Å². The molecule has 0 spiro atoms. The number of thiazole rings is 1. The first-order chi connectivity index (χ1) is 9.30. The second-order valence-electron chi connectivity index (χ2n) is 6.44. The molecule has 1 aromatic rings. The maximum Gasteiger partial charge on any atom is 0.191 e. The van der Waals surface area contributed by atoms with Crippen molar-refractivity contribution in [1.82, 2.24) is 15.6 Å². The van der Waals surface area contributed by atoms with Crippen molar-refractivity contribution in [3.8, 4) is 0 Å². The van der Waals surface area contributed by atoms with E-state index in [1.807, 2.05) is 6.20 Å². The molecule has 1 atom stereocenters. The van der Waals surface area contributed by atoms with E-state index < -0.39 is 0 Å². The quantitative estimate of drug-likeness (QED) is 0.428. The summed E-state index contributed by atoms with van der Waals surface area (Å²) in [6.45, 7) is 11.8. The number of hydrogen-bond acceptors (Lipinski definition) is 3. The molecule has 0 bridgehead atoms. The lowest BCUT2D eigenvalue weighted by atomic mass is 9.89. The van der Waals surface area contributed by atoms with Gasteiger partial charge in [-0.05, 0) is 32.1 Å². The molecular formula is C15H29IN4S. The van der Waals surface area contributed by atoms with Crippen molar-refractivity contribution in [1.29, 1.82) is 0 Å². The Morgan fingerprint density at radius 1 is 1.43 bits per heavy atom. The average molecular weight is 424 g/mol. The van der Waals surface area contributed by atoms with Crippen LogP contribution in [0.4, 0.5) is 0 Å². The molecule has 4 nitrogen and oxygen atoms in total. The van der Waals surface area contributed by atoms with Gasteiger partial charge in [0.1, 0.15) is 5.01 Å². The van der Waals surface area contributed by atoms with Gasteiger partial charge in [-0.2, -0.15) is 0 Å². The molecule has 0 aliphatic heterocycles. The Morgan fingerprint density at radius 2 is 2.10 bits per heavy atom. The largest absolute Gasteiger partial charge is 0.354 e. The Labute approximate surface area is 150 Å². The summed E-state index contributed by atoms with van der Waals surface area (Å²) in [4.78, 5) is 9.85. The molecule has 2 N–H and O–H groups in total. The van der Waals surface area contributed by atoms with Crippen LogP contribution >= 0.6 is 35.3 Å². The van der Waals surface area contributed by atoms with Crippen LogP contribution < -0.4 is 10.6 Å². The van der Waals surface area contributed by atoms with Gasteiger partial charge in [0.15, 0.2) is 5.96 Å². The van der Waals surface area contributed by atoms with Crippen LogP contribution in [0.5, 0.6) is 0 Å². The summed E-state index contributed by atoms with van der Waals surface area (Å²) in [5.41, 5.74) is 0.380. The smallest absolute Gasteiger partial charge is 0.191 e. The number of halogens is 1. The SMILES string of the molecule is CN=C(NCc1ncc(C)s1)NC(C)CCC(C)(C)C.I. The van der Waals surface area contributed by atoms with Crippen molar-refractivity contribution in [3.05, 3.63) is 16.1 Å². The van der Waals surface area contributed by atoms with Gasteiger partial charge in [-0.15, -0.1) is 35.3 Å². The summed E-state index contributed by atoms with van der Waals surface area (Å²) in [5.74, 6) is 0.847. The minimum absolute atomic E-state index is 0. The third-order valence-electron chi connectivity index (χ3n) is 3.01. The first kappa shape index (κ1) is 20.6. The highest BCUT2D eigenvalue weighted by atomic mass is 127. The lowest BCUT2D eigenvalue weighted by Crippen LogP contribution is -2.42. The number of aryl methyl sites for hydroxylation is 1. The van der Waals surface area contributed by atoms with Crippen LogP contribution in [0.15, 0.2) is 11.2 Å². The molecular weight excluding hydrogens is 395 g/mol. The van der Waals surface area contributed by atoms with Gasteiger partial charge >= 0.3 is 0 Å². The molecule has 1 aromatic heterocycles. The van der Waals surface area contributed by atoms with E-state index in [2.05, 4.69) is 55.2 Å². The Bertz CT molecular complexity index is 437. The highest BCUT2D eigenvalue weighted by molar-refractivity contribution is 14.0. The van der Waals surface area contributed by atoms with Crippen LogP contribution in [0.2, 0.25) is 0 Å². The van der Waals surface area contributed by atoms with Crippen molar-refractivity contribution >= 4 is 41.3 Å². The van der Waals surface area contributed by atoms with Gasteiger partial charge in [0.25, 0.3) is 0 Å². The number of guanidine groups is 1. The number of aromatic nitrogens is 1. The second-order valence-corrected chi connectivity index (χ2v) is 7.75. The van der Waals surface area contributed by atoms with Crippen molar-refractivity contribution in [3.63, 3.8) is 0 Å². The van der Waals surface area contributed by atoms with Gasteiger partial charge < -0.3 is 10.6 Å². The van der Waals surface area contributed by atoms with Gasteiger partial charge in [0, 0.05) is 24.2 Å². The fraction of sp³-hybridized carbons (Fsp3) is 0.733. The van der Waals surface area contributed by atoms with Gasteiger partial charge in [-0.3, -0.25) is 4.99 Å². The molecule has 0 amide bonds. The van der Waals surface area contributed by atoms with Gasteiger partial charge in [-0.25, -0.2) is 4.98 Å². The molecule has 122 valence electrons. The molecule has 0 saturated carbocycles. The molecule has 1 heterocycles. The normalized spacial score (nSPS) is 13.5. The van der Waals surface area contributed by atoms with E-state index >= 15 is 0 Å². The zero-order chi connectivity index (χ0) is 15.2. The van der Waals surface area contributed by atoms with Crippen molar-refractivity contribution in [2.45, 2.75) is 60.0 Å². The predicted octanol–water partition coefficient (Wildman–Crippen LogP) is 3.95. The summed E-state index contributed by atoms with van der Waals surface area (Å²) in [6.07, 6.45) is 4.24. The van der Waals surface area contributed by atoms with Gasteiger partial charge in [-0.1, -0.05) is 20.8 Å². The van der Waals surface area contributed by atoms with Crippen molar-refractivity contribution in [2.24, 2.45) is 10.4 Å². The van der Waals surface area contributed by atoms with Gasteiger partial charge in [0.05, 0.1) is 6.54 Å². The molecule has 0 aromatic carbocycles. The van der Waals surface area contributed by atoms with E-state index in [9.17, 15) is 0 Å². The molecule has 0 fully saturated rings. The van der Waals surface area contributed by atoms with Crippen molar-refractivity contribution < 1.29 is 0 Å². The van der Waals surface area contributed by atoms with Gasteiger partial charge in [0.2, 0.25) is 0 Å². The number of aliphatic imine (C=N–C) groups is 1. The zero-order valence-electron chi connectivity index (χ0n) is 14.0. The number of hydrogen-bond donors (Lipinski definition) is 2. The highest BCUT2D eigenvalue weighted by Gasteiger charge is 2.13. The van der Waals surface area contributed by atoms with E-state index in [0.29, 0.717) is 11.5 Å². The lowest BCUT2D eigenvalue weighted by molar-refractivity contribution is 0.346. The predicted molar refractivity (Wildman–Crippen MR) is 104 cm³/mol. The van der Waals surface area contributed by atoms with Crippen LogP contribution in [-0.4, -0.2) is 24.0 Å². The summed E-state index contributed by atoms with van der Waals surface area (Å²) < 4.78 is 0. The summed E-state index contributed by atoms with van der Waals surface area (Å²) in [5, 5.41) is 7.84. The van der Waals surface area contributed by atoms with E-state index in [4.69, 9.17) is 0 Å². The number of nitrogens with zero attached hydrogens (tertiary/aromatic N) is 2. The topological polar surface area (TPSA) is 49.3 Å². The molecule has 21 heavy (non-hydrogen) atoms. The maximum absolute atomic E-state index is 4.34. The minimum Gasteiger partial charge on any atom is -0.354 e. The van der Waals surface area contributed by atoms with Crippen LogP contribution in [-0.2, 0) is 6.54 Å². The maximum atomic E-state index is 4.34. The molecule has 0 radical (unpaired) electrons. The van der Waals surface area contributed by atoms with E-state index in [0.717, 1.165) is 23.9 Å². The van der Waals surface area contributed by atoms with E-state index in [1.165, 1.54) is 11.3 Å². The Balaban J connectivity index is 0.00000400. The van der Waals surface area contributed by atoms with Crippen LogP contribution in [0.25, 0.3) is 0 Å². The third kappa shape index (κ3) is 9.29. The minimum atomic E-state index is 0. The van der Waals surface area contributed by atoms with E-state index in [1.54, 1.807) is 18.4 Å². The molecule has 1 unspecified atom stereocenters. The zero-order valence-corrected chi connectivity index (χ0v) is 17.1. The third-order valence-corrected chi connectivity index (χ3v) is 3.92. The Kier molecular flexibility index (Phi) is 9.44. The average Bonchev–Trinajstić information content (AvgIpc) is 2.77. The highest BCUT2D eigenvalue weighted by Crippen LogP contribution is 2.21. The Morgan fingerprint density at radius 3 is 2.57 bits per heavy atom. The molecule has 6 heteroatoms. The number of nitrogens with one attached hydrogen (secondary N) is 2. The Hall–Kier alpha value is -0.370. The molecule has 0 aliphatic rings. The summed E-state index contributed by atoms with van der Waals surface area (Å²) in [7, 11) is 1.80. The summed E-state index contributed by atoms with van der Waals surface area (Å²) >= 11 is 1.72. The molecule has 0 aliphatic carbocycles. The second kappa shape index (κ2) is 9.61. The number of rotatable bonds is 5. The van der Waals surface area contributed by atoms with Crippen LogP contribution in [0.3, 0.4) is 0 Å². The lowest BCUT2D eigenvalue weighted by Gasteiger charge is -2.22. The van der Waals surface area contributed by atoms with Crippen molar-refractivity contribution in [2.75, 3.05) is 7.05 Å². The van der Waals surface area contributed by atoms with Crippen LogP contribution in [0, 0.1) is 12.3 Å². The standard InChI is InChI=1S/C15H28N4S.HI/c1-11(7-8-15(3,4)5)19-14(16-6)18-10-13-17-9-12(2)20-13;/h9,11H,7-8,10H2,1-6H3,(H2,16,18,19);1H. The first-order valence-corrected chi connectivity index (χ1v) is 8.00. The van der Waals surface area contributed by atoms with E-state index in [-0.39, 0.29) is 24.0 Å². The summed E-state index contributed by atoms with van der Waals surface area (Å²) in [6, 6.07) is 0.415.